The van der Waals surface area contributed by atoms with Gasteiger partial charge in [-0.2, -0.15) is 0 Å². The number of carbonyl (C=O) groups is 1. The number of nitrogens with one attached hydrogen (secondary N) is 1. The second kappa shape index (κ2) is 6.29. The molecule has 2 aromatic heterocycles. The third-order valence-corrected chi connectivity index (χ3v) is 4.39. The maximum atomic E-state index is 12.2. The average molecular weight is 327 g/mol. The Morgan fingerprint density at radius 1 is 1.35 bits per heavy atom. The molecule has 7 heteroatoms. The lowest BCUT2D eigenvalue weighted by Crippen LogP contribution is -2.15. The Kier molecular flexibility index (Phi) is 4.20. The number of nitrogens with zero attached hydrogens (tertiary/aromatic N) is 4. The van der Waals surface area contributed by atoms with E-state index in [1.165, 1.54) is 0 Å². The normalized spacial score (nSPS) is 10.7. The van der Waals surface area contributed by atoms with Crippen molar-refractivity contribution in [1.29, 1.82) is 0 Å². The first kappa shape index (κ1) is 15.4. The van der Waals surface area contributed by atoms with Crippen molar-refractivity contribution in [2.45, 2.75) is 20.3 Å². The summed E-state index contributed by atoms with van der Waals surface area (Å²) in [5, 5.41) is 13.9. The SMILES string of the molecule is Cc1nc(CC(=O)Nc2cccc(-c3nncn3C)c2C)cs1. The van der Waals surface area contributed by atoms with Crippen molar-refractivity contribution in [2.24, 2.45) is 7.05 Å². The van der Waals surface area contributed by atoms with E-state index in [0.29, 0.717) is 0 Å². The van der Waals surface area contributed by atoms with Gasteiger partial charge in [0.2, 0.25) is 5.91 Å². The van der Waals surface area contributed by atoms with Crippen molar-refractivity contribution in [3.05, 3.63) is 46.2 Å². The lowest BCUT2D eigenvalue weighted by atomic mass is 10.1. The summed E-state index contributed by atoms with van der Waals surface area (Å²) in [5.41, 5.74) is 3.49. The van der Waals surface area contributed by atoms with Gasteiger partial charge in [0, 0.05) is 23.7 Å². The Balaban J connectivity index is 1.81. The molecule has 6 nitrogen and oxygen atoms in total. The standard InChI is InChI=1S/C16H17N5OS/c1-10-13(16-20-17-9-21(16)3)5-4-6-14(10)19-15(22)7-12-8-23-11(2)18-12/h4-6,8-9H,7H2,1-3H3,(H,19,22). The molecule has 0 radical (unpaired) electrons. The summed E-state index contributed by atoms with van der Waals surface area (Å²) in [7, 11) is 1.89. The zero-order valence-corrected chi connectivity index (χ0v) is 14.0. The molecule has 0 unspecified atom stereocenters. The van der Waals surface area contributed by atoms with Gasteiger partial charge in [-0.1, -0.05) is 12.1 Å². The summed E-state index contributed by atoms with van der Waals surface area (Å²) < 4.78 is 1.85. The van der Waals surface area contributed by atoms with E-state index in [1.807, 2.05) is 49.0 Å². The lowest BCUT2D eigenvalue weighted by Gasteiger charge is -2.11. The molecule has 0 saturated heterocycles. The summed E-state index contributed by atoms with van der Waals surface area (Å²) in [4.78, 5) is 16.5. The molecule has 3 rings (SSSR count). The molecule has 0 saturated carbocycles. The number of anilines is 1. The fourth-order valence-electron chi connectivity index (χ4n) is 2.39. The van der Waals surface area contributed by atoms with Gasteiger partial charge in [-0.15, -0.1) is 21.5 Å². The highest BCUT2D eigenvalue weighted by Gasteiger charge is 2.13. The fourth-order valence-corrected chi connectivity index (χ4v) is 3.00. The lowest BCUT2D eigenvalue weighted by molar-refractivity contribution is -0.115. The molecule has 1 amide bonds. The maximum absolute atomic E-state index is 12.2. The van der Waals surface area contributed by atoms with E-state index in [-0.39, 0.29) is 12.3 Å². The summed E-state index contributed by atoms with van der Waals surface area (Å²) in [6.07, 6.45) is 1.93. The van der Waals surface area contributed by atoms with Gasteiger partial charge >= 0.3 is 0 Å². The molecule has 0 atom stereocenters. The topological polar surface area (TPSA) is 72.7 Å². The molecule has 0 spiro atoms. The molecule has 0 aliphatic heterocycles. The first-order valence-corrected chi connectivity index (χ1v) is 8.07. The molecule has 0 aliphatic carbocycles. The van der Waals surface area contributed by atoms with Crippen LogP contribution in [0.2, 0.25) is 0 Å². The van der Waals surface area contributed by atoms with Gasteiger partial charge in [0.25, 0.3) is 0 Å². The van der Waals surface area contributed by atoms with Crippen LogP contribution in [0.15, 0.2) is 29.9 Å². The predicted molar refractivity (Wildman–Crippen MR) is 90.4 cm³/mol. The number of thiazole rings is 1. The third-order valence-electron chi connectivity index (χ3n) is 3.57. The number of carbonyl (C=O) groups excluding carboxylic acids is 1. The van der Waals surface area contributed by atoms with Gasteiger partial charge in [-0.3, -0.25) is 4.79 Å². The molecule has 1 N–H and O–H groups in total. The molecule has 2 heterocycles. The van der Waals surface area contributed by atoms with Gasteiger partial charge in [-0.25, -0.2) is 4.98 Å². The molecule has 1 aromatic carbocycles. The molecule has 118 valence electrons. The minimum atomic E-state index is -0.0754. The van der Waals surface area contributed by atoms with Crippen molar-refractivity contribution in [3.63, 3.8) is 0 Å². The molecular formula is C16H17N5OS. The highest BCUT2D eigenvalue weighted by molar-refractivity contribution is 7.09. The molecular weight excluding hydrogens is 310 g/mol. The number of rotatable bonds is 4. The number of aromatic nitrogens is 4. The van der Waals surface area contributed by atoms with Crippen molar-refractivity contribution in [1.82, 2.24) is 19.7 Å². The van der Waals surface area contributed by atoms with Gasteiger partial charge in [0.15, 0.2) is 5.82 Å². The summed E-state index contributed by atoms with van der Waals surface area (Å²) in [6, 6.07) is 5.76. The Hall–Kier alpha value is -2.54. The summed E-state index contributed by atoms with van der Waals surface area (Å²) >= 11 is 1.55. The predicted octanol–water partition coefficient (Wildman–Crippen LogP) is 2.74. The van der Waals surface area contributed by atoms with E-state index in [1.54, 1.807) is 17.7 Å². The van der Waals surface area contributed by atoms with Gasteiger partial charge in [0.1, 0.15) is 6.33 Å². The number of aryl methyl sites for hydroxylation is 2. The molecule has 0 aliphatic rings. The van der Waals surface area contributed by atoms with E-state index in [0.717, 1.165) is 33.3 Å². The van der Waals surface area contributed by atoms with E-state index < -0.39 is 0 Å². The number of hydrogen-bond acceptors (Lipinski definition) is 5. The molecule has 0 bridgehead atoms. The van der Waals surface area contributed by atoms with Crippen LogP contribution in [0.1, 0.15) is 16.3 Å². The monoisotopic (exact) mass is 327 g/mol. The quantitative estimate of drug-likeness (QED) is 0.800. The number of benzene rings is 1. The fraction of sp³-hybridized carbons (Fsp3) is 0.250. The maximum Gasteiger partial charge on any atom is 0.230 e. The third kappa shape index (κ3) is 3.29. The highest BCUT2D eigenvalue weighted by Crippen LogP contribution is 2.26. The Bertz CT molecular complexity index is 852. The van der Waals surface area contributed by atoms with E-state index in [2.05, 4.69) is 20.5 Å². The minimum Gasteiger partial charge on any atom is -0.325 e. The van der Waals surface area contributed by atoms with E-state index in [4.69, 9.17) is 0 Å². The zero-order chi connectivity index (χ0) is 16.4. The van der Waals surface area contributed by atoms with Crippen LogP contribution in [-0.4, -0.2) is 25.7 Å². The highest BCUT2D eigenvalue weighted by atomic mass is 32.1. The van der Waals surface area contributed by atoms with Crippen molar-refractivity contribution >= 4 is 22.9 Å². The molecule has 3 aromatic rings. The number of hydrogen-bond donors (Lipinski definition) is 1. The smallest absolute Gasteiger partial charge is 0.230 e. The Morgan fingerprint density at radius 2 is 2.17 bits per heavy atom. The van der Waals surface area contributed by atoms with Gasteiger partial charge in [0.05, 0.1) is 17.1 Å². The zero-order valence-electron chi connectivity index (χ0n) is 13.2. The van der Waals surface area contributed by atoms with E-state index in [9.17, 15) is 4.79 Å². The van der Waals surface area contributed by atoms with Crippen molar-refractivity contribution in [2.75, 3.05) is 5.32 Å². The minimum absolute atomic E-state index is 0.0754. The molecule has 23 heavy (non-hydrogen) atoms. The van der Waals surface area contributed by atoms with Gasteiger partial charge < -0.3 is 9.88 Å². The van der Waals surface area contributed by atoms with Crippen LogP contribution in [0.3, 0.4) is 0 Å². The second-order valence-corrected chi connectivity index (χ2v) is 6.39. The Labute approximate surface area is 138 Å². The summed E-state index contributed by atoms with van der Waals surface area (Å²) in [6.45, 7) is 3.90. The van der Waals surface area contributed by atoms with Crippen LogP contribution in [0, 0.1) is 13.8 Å². The second-order valence-electron chi connectivity index (χ2n) is 5.33. The van der Waals surface area contributed by atoms with Crippen LogP contribution >= 0.6 is 11.3 Å². The van der Waals surface area contributed by atoms with Crippen molar-refractivity contribution in [3.8, 4) is 11.4 Å². The molecule has 0 fully saturated rings. The van der Waals surface area contributed by atoms with Crippen LogP contribution < -0.4 is 5.32 Å². The van der Waals surface area contributed by atoms with Crippen LogP contribution in [0.4, 0.5) is 5.69 Å². The van der Waals surface area contributed by atoms with Gasteiger partial charge in [-0.05, 0) is 25.5 Å². The average Bonchev–Trinajstić information content (AvgIpc) is 3.10. The first-order valence-electron chi connectivity index (χ1n) is 7.19. The Morgan fingerprint density at radius 3 is 2.83 bits per heavy atom. The number of amides is 1. The van der Waals surface area contributed by atoms with Crippen LogP contribution in [0.5, 0.6) is 0 Å². The van der Waals surface area contributed by atoms with Crippen LogP contribution in [0.25, 0.3) is 11.4 Å². The van der Waals surface area contributed by atoms with Crippen molar-refractivity contribution < 1.29 is 4.79 Å². The van der Waals surface area contributed by atoms with Crippen LogP contribution in [-0.2, 0) is 18.3 Å². The van der Waals surface area contributed by atoms with E-state index >= 15 is 0 Å². The summed E-state index contributed by atoms with van der Waals surface area (Å²) in [5.74, 6) is 0.697. The first-order chi connectivity index (χ1) is 11.0. The largest absolute Gasteiger partial charge is 0.325 e.